The van der Waals surface area contributed by atoms with E-state index in [1.54, 1.807) is 0 Å². The van der Waals surface area contributed by atoms with E-state index in [1.165, 1.54) is 6.07 Å². The quantitative estimate of drug-likeness (QED) is 0.861. The summed E-state index contributed by atoms with van der Waals surface area (Å²) in [7, 11) is 0. The lowest BCUT2D eigenvalue weighted by Crippen LogP contribution is -2.13. The van der Waals surface area contributed by atoms with Gasteiger partial charge in [-0.2, -0.15) is 13.2 Å². The monoisotopic (exact) mass is 277 g/mol. The third kappa shape index (κ3) is 3.30. The maximum Gasteiger partial charge on any atom is 0.416 e. The van der Waals surface area contributed by atoms with E-state index in [-0.39, 0.29) is 24.3 Å². The number of fused-ring (bicyclic) bond motifs is 1. The fraction of sp³-hybridized carbons (Fsp3) is 0.500. The van der Waals surface area contributed by atoms with Crippen LogP contribution in [0.25, 0.3) is 0 Å². The Morgan fingerprint density at radius 3 is 2.37 bits per heavy atom. The Morgan fingerprint density at radius 1 is 1.16 bits per heavy atom. The van der Waals surface area contributed by atoms with E-state index in [4.69, 9.17) is 15.4 Å². The van der Waals surface area contributed by atoms with Gasteiger partial charge in [0.15, 0.2) is 11.5 Å². The van der Waals surface area contributed by atoms with Crippen LogP contribution in [-0.4, -0.2) is 19.8 Å². The Morgan fingerprint density at radius 2 is 1.79 bits per heavy atom. The van der Waals surface area contributed by atoms with Crippen molar-refractivity contribution in [3.05, 3.63) is 23.3 Å². The first-order valence-corrected chi connectivity index (χ1v) is 5.84. The van der Waals surface area contributed by atoms with Crippen molar-refractivity contribution in [3.63, 3.8) is 0 Å². The van der Waals surface area contributed by atoms with Crippen molar-refractivity contribution in [3.8, 4) is 11.5 Å². The van der Waals surface area contributed by atoms with Crippen LogP contribution in [0.2, 0.25) is 0 Å². The lowest BCUT2D eigenvalue weighted by molar-refractivity contribution is -0.138. The van der Waals surface area contributed by atoms with E-state index in [0.29, 0.717) is 25.4 Å². The molecule has 0 aliphatic carbocycles. The minimum Gasteiger partial charge on any atom is -0.490 e. The molecule has 0 unspecified atom stereocenters. The molecule has 1 heterocycles. The van der Waals surface area contributed by atoms with Gasteiger partial charge in [0.1, 0.15) is 0 Å². The van der Waals surface area contributed by atoms with Crippen molar-refractivity contribution in [1.82, 2.24) is 0 Å². The molecule has 4 nitrogen and oxygen atoms in total. The van der Waals surface area contributed by atoms with Gasteiger partial charge in [-0.15, -0.1) is 0 Å². The fourth-order valence-electron chi connectivity index (χ4n) is 1.89. The van der Waals surface area contributed by atoms with E-state index >= 15 is 0 Å². The van der Waals surface area contributed by atoms with E-state index in [1.807, 2.05) is 0 Å². The zero-order valence-electron chi connectivity index (χ0n) is 10.1. The van der Waals surface area contributed by atoms with Crippen LogP contribution < -0.4 is 15.4 Å². The summed E-state index contributed by atoms with van der Waals surface area (Å²) in [5.41, 5.74) is -0.656. The average molecular weight is 277 g/mol. The molecule has 19 heavy (non-hydrogen) atoms. The van der Waals surface area contributed by atoms with E-state index in [2.05, 4.69) is 4.84 Å². The molecule has 0 amide bonds. The molecule has 0 saturated carbocycles. The van der Waals surface area contributed by atoms with Crippen molar-refractivity contribution in [2.75, 3.05) is 19.8 Å². The molecule has 1 aliphatic heterocycles. The Labute approximate surface area is 108 Å². The van der Waals surface area contributed by atoms with Crippen molar-refractivity contribution in [2.24, 2.45) is 5.90 Å². The van der Waals surface area contributed by atoms with Gasteiger partial charge in [0.25, 0.3) is 0 Å². The SMILES string of the molecule is NOCCc1cc2c(cc1C(F)(F)F)OCCCO2. The van der Waals surface area contributed by atoms with Crippen LogP contribution in [0.5, 0.6) is 11.5 Å². The number of ether oxygens (including phenoxy) is 2. The van der Waals surface area contributed by atoms with Gasteiger partial charge in [0.05, 0.1) is 25.4 Å². The van der Waals surface area contributed by atoms with Crippen LogP contribution in [0.4, 0.5) is 13.2 Å². The number of benzene rings is 1. The second-order valence-electron chi connectivity index (χ2n) is 4.13. The van der Waals surface area contributed by atoms with Gasteiger partial charge < -0.3 is 14.3 Å². The molecule has 106 valence electrons. The molecular weight excluding hydrogens is 263 g/mol. The third-order valence-corrected chi connectivity index (χ3v) is 2.77. The van der Waals surface area contributed by atoms with Crippen LogP contribution in [0.3, 0.4) is 0 Å². The minimum atomic E-state index is -4.45. The standard InChI is InChI=1S/C12H14F3NO3/c13-12(14,15)9-7-11-10(17-3-1-4-18-11)6-8(9)2-5-19-16/h6-7H,1-5,16H2. The molecule has 1 aromatic carbocycles. The van der Waals surface area contributed by atoms with E-state index in [0.717, 1.165) is 6.07 Å². The zero-order chi connectivity index (χ0) is 13.9. The normalized spacial score (nSPS) is 15.2. The van der Waals surface area contributed by atoms with Crippen LogP contribution in [0.1, 0.15) is 17.5 Å². The molecule has 0 bridgehead atoms. The second kappa shape index (κ2) is 5.66. The summed E-state index contributed by atoms with van der Waals surface area (Å²) in [5.74, 6) is 5.32. The molecule has 1 aliphatic rings. The number of halogens is 3. The molecule has 7 heteroatoms. The lowest BCUT2D eigenvalue weighted by Gasteiger charge is -2.16. The summed E-state index contributed by atoms with van der Waals surface area (Å²) in [6.07, 6.45) is -3.76. The Balaban J connectivity index is 2.41. The van der Waals surface area contributed by atoms with Gasteiger partial charge in [-0.05, 0) is 24.1 Å². The molecular formula is C12H14F3NO3. The first kappa shape index (κ1) is 14.0. The van der Waals surface area contributed by atoms with Crippen molar-refractivity contribution in [2.45, 2.75) is 19.0 Å². The number of alkyl halides is 3. The fourth-order valence-corrected chi connectivity index (χ4v) is 1.89. The van der Waals surface area contributed by atoms with E-state index < -0.39 is 11.7 Å². The maximum atomic E-state index is 13.0. The van der Waals surface area contributed by atoms with Gasteiger partial charge in [-0.3, -0.25) is 0 Å². The summed E-state index contributed by atoms with van der Waals surface area (Å²) >= 11 is 0. The molecule has 2 N–H and O–H groups in total. The average Bonchev–Trinajstić information content (AvgIpc) is 2.58. The van der Waals surface area contributed by atoms with Gasteiger partial charge in [-0.1, -0.05) is 0 Å². The summed E-state index contributed by atoms with van der Waals surface area (Å²) in [6.45, 7) is 0.767. The molecule has 0 saturated heterocycles. The van der Waals surface area contributed by atoms with Gasteiger partial charge >= 0.3 is 6.18 Å². The highest BCUT2D eigenvalue weighted by Gasteiger charge is 2.35. The van der Waals surface area contributed by atoms with Crippen LogP contribution in [0.15, 0.2) is 12.1 Å². The van der Waals surface area contributed by atoms with Crippen molar-refractivity contribution < 1.29 is 27.5 Å². The Bertz CT molecular complexity index is 449. The molecule has 1 aromatic rings. The topological polar surface area (TPSA) is 53.7 Å². The molecule has 0 atom stereocenters. The smallest absolute Gasteiger partial charge is 0.416 e. The zero-order valence-corrected chi connectivity index (χ0v) is 10.1. The predicted octanol–water partition coefficient (Wildman–Crippen LogP) is 2.30. The van der Waals surface area contributed by atoms with Crippen LogP contribution in [-0.2, 0) is 17.4 Å². The largest absolute Gasteiger partial charge is 0.490 e. The predicted molar refractivity (Wildman–Crippen MR) is 60.9 cm³/mol. The van der Waals surface area contributed by atoms with Gasteiger partial charge in [0.2, 0.25) is 0 Å². The molecule has 0 radical (unpaired) electrons. The highest BCUT2D eigenvalue weighted by molar-refractivity contribution is 5.49. The number of rotatable bonds is 3. The summed E-state index contributed by atoms with van der Waals surface area (Å²) in [6, 6.07) is 2.33. The second-order valence-corrected chi connectivity index (χ2v) is 4.13. The highest BCUT2D eigenvalue weighted by Crippen LogP contribution is 2.40. The molecule has 0 aromatic heterocycles. The molecule has 0 spiro atoms. The maximum absolute atomic E-state index is 13.0. The summed E-state index contributed by atoms with van der Waals surface area (Å²) < 4.78 is 49.6. The highest BCUT2D eigenvalue weighted by atomic mass is 19.4. The molecule has 2 rings (SSSR count). The van der Waals surface area contributed by atoms with Crippen molar-refractivity contribution in [1.29, 1.82) is 0 Å². The lowest BCUT2D eigenvalue weighted by atomic mass is 10.0. The Hall–Kier alpha value is -1.47. The summed E-state index contributed by atoms with van der Waals surface area (Å²) in [5, 5.41) is 0. The summed E-state index contributed by atoms with van der Waals surface area (Å²) in [4.78, 5) is 4.34. The number of nitrogens with two attached hydrogens (primary N) is 1. The number of hydrogen-bond donors (Lipinski definition) is 1. The third-order valence-electron chi connectivity index (χ3n) is 2.77. The first-order chi connectivity index (χ1) is 9.02. The van der Waals surface area contributed by atoms with Crippen molar-refractivity contribution >= 4 is 0 Å². The first-order valence-electron chi connectivity index (χ1n) is 5.84. The van der Waals surface area contributed by atoms with E-state index in [9.17, 15) is 13.2 Å². The minimum absolute atomic E-state index is 0.00270. The van der Waals surface area contributed by atoms with Crippen LogP contribution in [0, 0.1) is 0 Å². The molecule has 0 fully saturated rings. The Kier molecular flexibility index (Phi) is 4.16. The van der Waals surface area contributed by atoms with Gasteiger partial charge in [-0.25, -0.2) is 5.90 Å². The number of hydrogen-bond acceptors (Lipinski definition) is 4. The van der Waals surface area contributed by atoms with Crippen LogP contribution >= 0.6 is 0 Å². The van der Waals surface area contributed by atoms with Gasteiger partial charge in [0, 0.05) is 6.42 Å².